The number of nitrogens with one attached hydrogen (secondary N) is 2. The van der Waals surface area contributed by atoms with E-state index in [4.69, 9.17) is 5.11 Å². The average Bonchev–Trinajstić information content (AvgIpc) is 2.76. The molecule has 6 heteroatoms. The summed E-state index contributed by atoms with van der Waals surface area (Å²) in [5, 5.41) is 16.0. The Balaban J connectivity index is 2.02. The van der Waals surface area contributed by atoms with E-state index in [0.717, 1.165) is 17.7 Å². The van der Waals surface area contributed by atoms with E-state index in [1.165, 1.54) is 5.56 Å². The molecule has 1 rings (SSSR count). The fourth-order valence-electron chi connectivity index (χ4n) is 1.59. The van der Waals surface area contributed by atoms with Gasteiger partial charge in [0.2, 0.25) is 0 Å². The summed E-state index contributed by atoms with van der Waals surface area (Å²) in [5.41, 5.74) is 1.19. The summed E-state index contributed by atoms with van der Waals surface area (Å²) < 4.78 is 0. The number of aryl methyl sites for hydroxylation is 1. The predicted octanol–water partition coefficient (Wildman–Crippen LogP) is 2.50. The molecule has 0 aliphatic heterocycles. The molecule has 0 spiro atoms. The molecule has 0 atom stereocenters. The number of carbonyl (C=O) groups is 2. The number of hydrogen-bond donors (Lipinski definition) is 3. The van der Waals surface area contributed by atoms with Crippen LogP contribution in [0, 0.1) is 6.92 Å². The second-order valence-corrected chi connectivity index (χ2v) is 5.34. The van der Waals surface area contributed by atoms with E-state index in [-0.39, 0.29) is 12.5 Å². The fourth-order valence-corrected chi connectivity index (χ4v) is 2.43. The van der Waals surface area contributed by atoms with Crippen LogP contribution in [0.4, 0.5) is 4.79 Å². The van der Waals surface area contributed by atoms with Crippen LogP contribution >= 0.6 is 11.3 Å². The number of carboxylic acid groups (broad SMARTS) is 1. The maximum Gasteiger partial charge on any atom is 0.315 e. The lowest BCUT2D eigenvalue weighted by molar-refractivity contribution is -0.137. The van der Waals surface area contributed by atoms with Crippen LogP contribution in [0.1, 0.15) is 36.1 Å². The highest BCUT2D eigenvalue weighted by molar-refractivity contribution is 7.10. The highest BCUT2D eigenvalue weighted by atomic mass is 32.1. The zero-order valence-corrected chi connectivity index (χ0v) is 11.9. The van der Waals surface area contributed by atoms with Gasteiger partial charge in [-0.1, -0.05) is 6.42 Å². The molecule has 1 aromatic heterocycles. The van der Waals surface area contributed by atoms with E-state index in [1.54, 1.807) is 11.3 Å². The molecule has 1 heterocycles. The molecule has 0 saturated heterocycles. The van der Waals surface area contributed by atoms with Gasteiger partial charge in [-0.05, 0) is 36.8 Å². The molecule has 0 aromatic carbocycles. The van der Waals surface area contributed by atoms with E-state index in [1.807, 2.05) is 18.4 Å². The Hall–Kier alpha value is -1.56. The Kier molecular flexibility index (Phi) is 6.95. The first-order valence-corrected chi connectivity index (χ1v) is 7.24. The van der Waals surface area contributed by atoms with Gasteiger partial charge in [0.15, 0.2) is 0 Å². The Bertz CT molecular complexity index is 418. The summed E-state index contributed by atoms with van der Waals surface area (Å²) in [5.74, 6) is -0.767. The lowest BCUT2D eigenvalue weighted by Crippen LogP contribution is -2.35. The predicted molar refractivity (Wildman–Crippen MR) is 75.4 cm³/mol. The Labute approximate surface area is 117 Å². The first-order chi connectivity index (χ1) is 9.09. The molecule has 3 N–H and O–H groups in total. The van der Waals surface area contributed by atoms with E-state index in [2.05, 4.69) is 10.6 Å². The van der Waals surface area contributed by atoms with Crippen molar-refractivity contribution in [3.05, 3.63) is 21.9 Å². The number of rotatable bonds is 8. The van der Waals surface area contributed by atoms with Crippen LogP contribution in [0.2, 0.25) is 0 Å². The van der Waals surface area contributed by atoms with Crippen molar-refractivity contribution in [2.75, 3.05) is 6.54 Å². The Morgan fingerprint density at radius 3 is 2.68 bits per heavy atom. The zero-order valence-electron chi connectivity index (χ0n) is 11.1. The highest BCUT2D eigenvalue weighted by Gasteiger charge is 2.03. The number of aliphatic carboxylic acids is 1. The van der Waals surface area contributed by atoms with Gasteiger partial charge in [-0.2, -0.15) is 0 Å². The van der Waals surface area contributed by atoms with Crippen LogP contribution in [-0.4, -0.2) is 23.7 Å². The molecule has 1 aromatic rings. The van der Waals surface area contributed by atoms with E-state index < -0.39 is 5.97 Å². The van der Waals surface area contributed by atoms with Crippen LogP contribution in [-0.2, 0) is 11.3 Å². The van der Waals surface area contributed by atoms with Crippen LogP contribution in [0.25, 0.3) is 0 Å². The minimum Gasteiger partial charge on any atom is -0.481 e. The lowest BCUT2D eigenvalue weighted by atomic mass is 10.2. The van der Waals surface area contributed by atoms with Crippen molar-refractivity contribution in [2.24, 2.45) is 0 Å². The van der Waals surface area contributed by atoms with E-state index >= 15 is 0 Å². The summed E-state index contributed by atoms with van der Waals surface area (Å²) in [6.07, 6.45) is 2.48. The number of hydrogen-bond acceptors (Lipinski definition) is 3. The molecule has 0 saturated carbocycles. The summed E-state index contributed by atoms with van der Waals surface area (Å²) in [6, 6.07) is 1.85. The molecule has 2 amide bonds. The molecule has 106 valence electrons. The van der Waals surface area contributed by atoms with Gasteiger partial charge in [0.25, 0.3) is 0 Å². The van der Waals surface area contributed by atoms with Crippen molar-refractivity contribution in [2.45, 2.75) is 39.2 Å². The number of amides is 2. The van der Waals surface area contributed by atoms with Crippen molar-refractivity contribution in [3.8, 4) is 0 Å². The summed E-state index contributed by atoms with van der Waals surface area (Å²) in [4.78, 5) is 22.9. The van der Waals surface area contributed by atoms with Gasteiger partial charge in [-0.3, -0.25) is 4.79 Å². The number of unbranched alkanes of at least 4 members (excludes halogenated alkanes) is 2. The van der Waals surface area contributed by atoms with Crippen molar-refractivity contribution in [1.29, 1.82) is 0 Å². The quantitative estimate of drug-likeness (QED) is 0.642. The monoisotopic (exact) mass is 284 g/mol. The minimum atomic E-state index is -0.767. The Morgan fingerprint density at radius 1 is 1.26 bits per heavy atom. The summed E-state index contributed by atoms with van der Waals surface area (Å²) >= 11 is 1.63. The molecule has 0 radical (unpaired) electrons. The van der Waals surface area contributed by atoms with Gasteiger partial charge in [-0.25, -0.2) is 4.79 Å². The zero-order chi connectivity index (χ0) is 14.1. The Morgan fingerprint density at radius 2 is 2.05 bits per heavy atom. The second kappa shape index (κ2) is 8.53. The minimum absolute atomic E-state index is 0.175. The van der Waals surface area contributed by atoms with Crippen LogP contribution in [0.3, 0.4) is 0 Å². The van der Waals surface area contributed by atoms with Crippen molar-refractivity contribution >= 4 is 23.3 Å². The van der Waals surface area contributed by atoms with Gasteiger partial charge in [0.1, 0.15) is 0 Å². The molecule has 0 aliphatic rings. The van der Waals surface area contributed by atoms with E-state index in [0.29, 0.717) is 19.5 Å². The molecule has 0 bridgehead atoms. The topological polar surface area (TPSA) is 78.4 Å². The maximum atomic E-state index is 11.5. The summed E-state index contributed by atoms with van der Waals surface area (Å²) in [6.45, 7) is 3.15. The van der Waals surface area contributed by atoms with Gasteiger partial charge in [-0.15, -0.1) is 11.3 Å². The number of thiophene rings is 1. The molecule has 0 fully saturated rings. The third-order valence-electron chi connectivity index (χ3n) is 2.73. The largest absolute Gasteiger partial charge is 0.481 e. The standard InChI is InChI=1S/C13H20N2O3S/c1-10-6-8-19-11(10)9-15-13(18)14-7-4-2-3-5-12(16)17/h6,8H,2-5,7,9H2,1H3,(H,16,17)(H2,14,15,18). The number of urea groups is 1. The lowest BCUT2D eigenvalue weighted by Gasteiger charge is -2.07. The van der Waals surface area contributed by atoms with Crippen molar-refractivity contribution in [1.82, 2.24) is 10.6 Å². The fraction of sp³-hybridized carbons (Fsp3) is 0.538. The van der Waals surface area contributed by atoms with Gasteiger partial charge in [0.05, 0.1) is 6.54 Å². The molecule has 0 unspecified atom stereocenters. The summed E-state index contributed by atoms with van der Waals surface area (Å²) in [7, 11) is 0. The maximum absolute atomic E-state index is 11.5. The van der Waals surface area contributed by atoms with Gasteiger partial charge >= 0.3 is 12.0 Å². The van der Waals surface area contributed by atoms with Crippen LogP contribution in [0.15, 0.2) is 11.4 Å². The van der Waals surface area contributed by atoms with Crippen molar-refractivity contribution in [3.63, 3.8) is 0 Å². The molecular weight excluding hydrogens is 264 g/mol. The third-order valence-corrected chi connectivity index (χ3v) is 3.75. The van der Waals surface area contributed by atoms with Gasteiger partial charge in [0, 0.05) is 17.8 Å². The smallest absolute Gasteiger partial charge is 0.315 e. The molecule has 5 nitrogen and oxygen atoms in total. The van der Waals surface area contributed by atoms with Crippen LogP contribution in [0.5, 0.6) is 0 Å². The third kappa shape index (κ3) is 6.81. The molecule has 19 heavy (non-hydrogen) atoms. The van der Waals surface area contributed by atoms with Crippen LogP contribution < -0.4 is 10.6 Å². The van der Waals surface area contributed by atoms with Crippen molar-refractivity contribution < 1.29 is 14.7 Å². The number of carboxylic acids is 1. The molecule has 0 aliphatic carbocycles. The first-order valence-electron chi connectivity index (χ1n) is 6.36. The normalized spacial score (nSPS) is 10.2. The molecular formula is C13H20N2O3S. The second-order valence-electron chi connectivity index (χ2n) is 4.34. The first kappa shape index (κ1) is 15.5. The number of carbonyl (C=O) groups excluding carboxylic acids is 1. The van der Waals surface area contributed by atoms with Gasteiger partial charge < -0.3 is 15.7 Å². The van der Waals surface area contributed by atoms with E-state index in [9.17, 15) is 9.59 Å². The SMILES string of the molecule is Cc1ccsc1CNC(=O)NCCCCCC(=O)O. The average molecular weight is 284 g/mol. The highest BCUT2D eigenvalue weighted by Crippen LogP contribution is 2.14.